The number of aryl methyl sites for hydroxylation is 1. The highest BCUT2D eigenvalue weighted by Gasteiger charge is 2.34. The lowest BCUT2D eigenvalue weighted by atomic mass is 10.1. The van der Waals surface area contributed by atoms with Gasteiger partial charge in [0.15, 0.2) is 6.61 Å². The number of carbonyl (C=O) groups excluding carboxylic acids is 2. The Bertz CT molecular complexity index is 1060. The number of amides is 1. The zero-order chi connectivity index (χ0) is 20.5. The highest BCUT2D eigenvalue weighted by atomic mass is 35.5. The molecule has 0 aliphatic rings. The van der Waals surface area contributed by atoms with Gasteiger partial charge >= 0.3 is 12.1 Å². The zero-order valence-corrected chi connectivity index (χ0v) is 15.2. The topological polar surface area (TPSA) is 71.2 Å². The number of rotatable bonds is 4. The smallest absolute Gasteiger partial charge is 0.418 e. The number of alkyl halides is 3. The van der Waals surface area contributed by atoms with Crippen LogP contribution in [0.15, 0.2) is 42.5 Å². The normalized spacial score (nSPS) is 11.5. The van der Waals surface area contributed by atoms with Crippen molar-refractivity contribution in [2.75, 3.05) is 11.9 Å². The van der Waals surface area contributed by atoms with Crippen LogP contribution < -0.4 is 5.32 Å². The van der Waals surface area contributed by atoms with Crippen LogP contribution in [0.1, 0.15) is 21.6 Å². The van der Waals surface area contributed by atoms with Crippen molar-refractivity contribution in [3.8, 4) is 0 Å². The van der Waals surface area contributed by atoms with Crippen molar-refractivity contribution in [1.29, 1.82) is 0 Å². The van der Waals surface area contributed by atoms with E-state index in [1.165, 1.54) is 6.07 Å². The molecule has 3 aromatic rings. The van der Waals surface area contributed by atoms with E-state index in [0.717, 1.165) is 17.6 Å². The number of esters is 1. The maximum Gasteiger partial charge on any atom is 0.418 e. The van der Waals surface area contributed by atoms with Gasteiger partial charge < -0.3 is 15.0 Å². The Balaban J connectivity index is 1.73. The minimum atomic E-state index is -4.70. The molecule has 9 heteroatoms. The van der Waals surface area contributed by atoms with E-state index in [9.17, 15) is 22.8 Å². The number of hydrogen-bond acceptors (Lipinski definition) is 3. The van der Waals surface area contributed by atoms with E-state index < -0.39 is 35.9 Å². The molecule has 0 aliphatic heterocycles. The van der Waals surface area contributed by atoms with E-state index in [1.54, 1.807) is 31.2 Å². The van der Waals surface area contributed by atoms with Crippen LogP contribution in [0.25, 0.3) is 10.9 Å². The summed E-state index contributed by atoms with van der Waals surface area (Å²) in [6.45, 7) is 0.913. The number of H-pyrrole nitrogens is 1. The van der Waals surface area contributed by atoms with Gasteiger partial charge in [-0.2, -0.15) is 13.2 Å². The van der Waals surface area contributed by atoms with Crippen LogP contribution in [0.2, 0.25) is 5.02 Å². The zero-order valence-electron chi connectivity index (χ0n) is 14.5. The fraction of sp³-hybridized carbons (Fsp3) is 0.158. The van der Waals surface area contributed by atoms with Crippen molar-refractivity contribution >= 4 is 40.1 Å². The lowest BCUT2D eigenvalue weighted by Crippen LogP contribution is -2.23. The van der Waals surface area contributed by atoms with Crippen molar-refractivity contribution in [1.82, 2.24) is 4.98 Å². The molecule has 0 atom stereocenters. The Morgan fingerprint density at radius 3 is 2.57 bits per heavy atom. The minimum absolute atomic E-state index is 0.261. The quantitative estimate of drug-likeness (QED) is 0.598. The lowest BCUT2D eigenvalue weighted by molar-refractivity contribution is -0.137. The molecule has 0 fully saturated rings. The summed E-state index contributed by atoms with van der Waals surface area (Å²) in [7, 11) is 0. The Labute approximate surface area is 162 Å². The van der Waals surface area contributed by atoms with Crippen LogP contribution in [0.5, 0.6) is 0 Å². The first-order valence-corrected chi connectivity index (χ1v) is 8.46. The molecule has 0 saturated carbocycles. The molecule has 0 spiro atoms. The fourth-order valence-corrected chi connectivity index (χ4v) is 3.03. The lowest BCUT2D eigenvalue weighted by Gasteiger charge is -2.15. The number of aromatic amines is 1. The first kappa shape index (κ1) is 19.8. The summed E-state index contributed by atoms with van der Waals surface area (Å²) in [6, 6.07) is 10.2. The fourth-order valence-electron chi connectivity index (χ4n) is 2.81. The highest BCUT2D eigenvalue weighted by molar-refractivity contribution is 6.34. The molecular formula is C19H14ClF3N2O3. The van der Waals surface area contributed by atoms with Gasteiger partial charge in [0.1, 0.15) is 0 Å². The molecule has 0 radical (unpaired) electrons. The van der Waals surface area contributed by atoms with Crippen molar-refractivity contribution in [3.05, 3.63) is 64.3 Å². The number of benzene rings is 2. The summed E-state index contributed by atoms with van der Waals surface area (Å²) < 4.78 is 44.2. The van der Waals surface area contributed by atoms with E-state index in [-0.39, 0.29) is 10.6 Å². The van der Waals surface area contributed by atoms with Crippen LogP contribution >= 0.6 is 11.6 Å². The molecule has 0 bridgehead atoms. The number of anilines is 1. The SMILES string of the molecule is Cc1[nH]c2ccccc2c1C(=O)OCC(=O)Nc1c(Cl)cccc1C(F)(F)F. The predicted octanol–water partition coefficient (Wildman–Crippen LogP) is 4.94. The standard InChI is InChI=1S/C19H14ClF3N2O3/c1-10-16(11-5-2-3-8-14(11)24-10)18(27)28-9-15(26)25-17-12(19(21,22)23)6-4-7-13(17)20/h2-8,24H,9H2,1H3,(H,25,26). The number of para-hydroxylation sites is 2. The Morgan fingerprint density at radius 1 is 1.14 bits per heavy atom. The molecule has 2 aromatic carbocycles. The maximum atomic E-state index is 13.1. The molecular weight excluding hydrogens is 397 g/mol. The Kier molecular flexibility index (Phi) is 5.33. The maximum absolute atomic E-state index is 13.1. The van der Waals surface area contributed by atoms with E-state index in [1.807, 2.05) is 0 Å². The summed E-state index contributed by atoms with van der Waals surface area (Å²) >= 11 is 5.78. The number of aromatic nitrogens is 1. The van der Waals surface area contributed by atoms with Crippen molar-refractivity contribution in [3.63, 3.8) is 0 Å². The second-order valence-electron chi connectivity index (χ2n) is 5.96. The van der Waals surface area contributed by atoms with Crippen LogP contribution in [-0.4, -0.2) is 23.5 Å². The summed E-state index contributed by atoms with van der Waals surface area (Å²) in [5.74, 6) is -1.70. The molecule has 146 valence electrons. The Hall–Kier alpha value is -3.00. The van der Waals surface area contributed by atoms with Gasteiger partial charge in [-0.25, -0.2) is 4.79 Å². The third-order valence-electron chi connectivity index (χ3n) is 4.02. The van der Waals surface area contributed by atoms with Gasteiger partial charge in [0.2, 0.25) is 0 Å². The van der Waals surface area contributed by atoms with Gasteiger partial charge in [-0.3, -0.25) is 4.79 Å². The van der Waals surface area contributed by atoms with Crippen LogP contribution in [0.3, 0.4) is 0 Å². The molecule has 3 rings (SSSR count). The van der Waals surface area contributed by atoms with Crippen LogP contribution in [0.4, 0.5) is 18.9 Å². The molecule has 2 N–H and O–H groups in total. The first-order chi connectivity index (χ1) is 13.2. The average Bonchev–Trinajstić information content (AvgIpc) is 2.96. The number of ether oxygens (including phenoxy) is 1. The molecule has 28 heavy (non-hydrogen) atoms. The monoisotopic (exact) mass is 410 g/mol. The summed E-state index contributed by atoms with van der Waals surface area (Å²) in [4.78, 5) is 27.4. The number of carbonyl (C=O) groups is 2. The predicted molar refractivity (Wildman–Crippen MR) is 98.4 cm³/mol. The molecule has 0 saturated heterocycles. The number of nitrogens with one attached hydrogen (secondary N) is 2. The van der Waals surface area contributed by atoms with Crippen LogP contribution in [0, 0.1) is 6.92 Å². The third kappa shape index (κ3) is 3.96. The molecule has 1 heterocycles. The van der Waals surface area contributed by atoms with E-state index in [2.05, 4.69) is 10.3 Å². The van der Waals surface area contributed by atoms with E-state index >= 15 is 0 Å². The van der Waals surface area contributed by atoms with Gasteiger partial charge in [-0.15, -0.1) is 0 Å². The largest absolute Gasteiger partial charge is 0.452 e. The van der Waals surface area contributed by atoms with Crippen molar-refractivity contribution < 1.29 is 27.5 Å². The van der Waals surface area contributed by atoms with Gasteiger partial charge in [-0.05, 0) is 25.1 Å². The molecule has 1 amide bonds. The first-order valence-electron chi connectivity index (χ1n) is 8.08. The molecule has 5 nitrogen and oxygen atoms in total. The molecule has 0 unspecified atom stereocenters. The second-order valence-corrected chi connectivity index (χ2v) is 6.36. The Morgan fingerprint density at radius 2 is 1.86 bits per heavy atom. The van der Waals surface area contributed by atoms with Gasteiger partial charge in [0.05, 0.1) is 21.8 Å². The van der Waals surface area contributed by atoms with Crippen molar-refractivity contribution in [2.45, 2.75) is 13.1 Å². The summed E-state index contributed by atoms with van der Waals surface area (Å²) in [5, 5.41) is 2.41. The van der Waals surface area contributed by atoms with E-state index in [0.29, 0.717) is 11.1 Å². The highest BCUT2D eigenvalue weighted by Crippen LogP contribution is 2.38. The van der Waals surface area contributed by atoms with Crippen molar-refractivity contribution in [2.24, 2.45) is 0 Å². The third-order valence-corrected chi connectivity index (χ3v) is 4.33. The number of halogens is 4. The summed E-state index contributed by atoms with van der Waals surface area (Å²) in [6.07, 6.45) is -4.70. The van der Waals surface area contributed by atoms with E-state index in [4.69, 9.17) is 16.3 Å². The van der Waals surface area contributed by atoms with Crippen LogP contribution in [-0.2, 0) is 15.7 Å². The number of hydrogen-bond donors (Lipinski definition) is 2. The van der Waals surface area contributed by atoms with Gasteiger partial charge in [-0.1, -0.05) is 35.9 Å². The van der Waals surface area contributed by atoms with Gasteiger partial charge in [0, 0.05) is 16.6 Å². The molecule has 0 aliphatic carbocycles. The van der Waals surface area contributed by atoms with Gasteiger partial charge in [0.25, 0.3) is 5.91 Å². The second kappa shape index (κ2) is 7.55. The minimum Gasteiger partial charge on any atom is -0.452 e. The number of fused-ring (bicyclic) bond motifs is 1. The molecule has 1 aromatic heterocycles. The average molecular weight is 411 g/mol. The summed E-state index contributed by atoms with van der Waals surface area (Å²) in [5.41, 5.74) is -0.135.